The molecule has 2 amide bonds. The van der Waals surface area contributed by atoms with Crippen LogP contribution in [-0.4, -0.2) is 53.7 Å². The lowest BCUT2D eigenvalue weighted by Crippen LogP contribution is -2.48. The van der Waals surface area contributed by atoms with Crippen molar-refractivity contribution in [3.63, 3.8) is 0 Å². The van der Waals surface area contributed by atoms with Crippen molar-refractivity contribution in [1.82, 2.24) is 15.3 Å². The largest absolute Gasteiger partial charge is 0.480 e. The van der Waals surface area contributed by atoms with Gasteiger partial charge in [-0.15, -0.1) is 0 Å². The summed E-state index contributed by atoms with van der Waals surface area (Å²) in [7, 11) is 3.37. The molecule has 1 rings (SSSR count). The van der Waals surface area contributed by atoms with Gasteiger partial charge in [0.05, 0.1) is 0 Å². The van der Waals surface area contributed by atoms with Gasteiger partial charge in [-0.25, -0.2) is 9.80 Å². The molecule has 6 heteroatoms. The molecule has 0 aliphatic heterocycles. The molecule has 0 saturated heterocycles. The van der Waals surface area contributed by atoms with Gasteiger partial charge in [-0.2, -0.15) is 0 Å². The van der Waals surface area contributed by atoms with E-state index in [-0.39, 0.29) is 18.6 Å². The average Bonchev–Trinajstić information content (AvgIpc) is 2.80. The van der Waals surface area contributed by atoms with Crippen molar-refractivity contribution >= 4 is 12.0 Å². The number of hydrogen-bond donors (Lipinski definition) is 2. The van der Waals surface area contributed by atoms with Crippen LogP contribution in [0.1, 0.15) is 12.8 Å². The molecule has 1 aliphatic carbocycles. The van der Waals surface area contributed by atoms with Crippen molar-refractivity contribution in [2.45, 2.75) is 18.9 Å². The minimum atomic E-state index is -0.981. The molecule has 0 aromatic carbocycles. The fraction of sp³-hybridized carbons (Fsp3) is 0.750. The fourth-order valence-corrected chi connectivity index (χ4v) is 1.15. The van der Waals surface area contributed by atoms with Crippen molar-refractivity contribution in [3.05, 3.63) is 0 Å². The summed E-state index contributed by atoms with van der Waals surface area (Å²) >= 11 is 0. The number of amides is 2. The maximum atomic E-state index is 11.5. The lowest BCUT2D eigenvalue weighted by atomic mass is 10.5. The highest BCUT2D eigenvalue weighted by Gasteiger charge is 2.33. The number of rotatable bonds is 4. The lowest BCUT2D eigenvalue weighted by Gasteiger charge is -2.23. The Morgan fingerprint density at radius 1 is 1.43 bits per heavy atom. The number of carbonyl (C=O) groups is 2. The van der Waals surface area contributed by atoms with Gasteiger partial charge < -0.3 is 10.0 Å². The molecule has 0 unspecified atom stereocenters. The van der Waals surface area contributed by atoms with Gasteiger partial charge in [0.1, 0.15) is 6.54 Å². The minimum absolute atomic E-state index is 0.103. The summed E-state index contributed by atoms with van der Waals surface area (Å²) in [5.74, 6) is -0.981. The Bertz CT molecular complexity index is 238. The summed E-state index contributed by atoms with van der Waals surface area (Å²) in [4.78, 5) is 23.3. The molecule has 0 bridgehead atoms. The van der Waals surface area contributed by atoms with Crippen LogP contribution in [0.15, 0.2) is 0 Å². The molecule has 0 radical (unpaired) electrons. The normalized spacial score (nSPS) is 15.4. The smallest absolute Gasteiger partial charge is 0.332 e. The number of aliphatic carboxylic acids is 1. The summed E-state index contributed by atoms with van der Waals surface area (Å²) in [6, 6.07) is -0.244. The van der Waals surface area contributed by atoms with E-state index in [0.717, 1.165) is 12.8 Å². The first-order chi connectivity index (χ1) is 6.50. The number of urea groups is 1. The van der Waals surface area contributed by atoms with E-state index in [1.807, 2.05) is 0 Å². The van der Waals surface area contributed by atoms with E-state index in [4.69, 9.17) is 5.11 Å². The number of nitrogens with zero attached hydrogens (tertiary/aromatic N) is 2. The van der Waals surface area contributed by atoms with E-state index in [2.05, 4.69) is 5.43 Å². The molecular formula is C8H15N3O3. The second-order valence-corrected chi connectivity index (χ2v) is 3.56. The number of carbonyl (C=O) groups excluding carboxylic acids is 1. The molecular weight excluding hydrogens is 186 g/mol. The van der Waals surface area contributed by atoms with Crippen LogP contribution < -0.4 is 5.43 Å². The summed E-state index contributed by atoms with van der Waals surface area (Å²) in [6.45, 7) is -0.232. The van der Waals surface area contributed by atoms with Crippen LogP contribution in [0.25, 0.3) is 0 Å². The number of hydrogen-bond acceptors (Lipinski definition) is 3. The van der Waals surface area contributed by atoms with E-state index in [0.29, 0.717) is 0 Å². The van der Waals surface area contributed by atoms with Gasteiger partial charge in [0.2, 0.25) is 0 Å². The Balaban J connectivity index is 2.48. The molecule has 0 atom stereocenters. The van der Waals surface area contributed by atoms with Gasteiger partial charge in [0, 0.05) is 20.1 Å². The third-order valence-electron chi connectivity index (χ3n) is 1.87. The van der Waals surface area contributed by atoms with Crippen LogP contribution in [0.2, 0.25) is 0 Å². The van der Waals surface area contributed by atoms with Crippen LogP contribution in [0.3, 0.4) is 0 Å². The highest BCUT2D eigenvalue weighted by molar-refractivity contribution is 5.80. The Kier molecular flexibility index (Phi) is 3.29. The highest BCUT2D eigenvalue weighted by Crippen LogP contribution is 2.26. The lowest BCUT2D eigenvalue weighted by molar-refractivity contribution is -0.137. The molecule has 14 heavy (non-hydrogen) atoms. The van der Waals surface area contributed by atoms with Crippen LogP contribution in [-0.2, 0) is 4.79 Å². The highest BCUT2D eigenvalue weighted by atomic mass is 16.4. The number of hydrazine groups is 1. The molecule has 0 heterocycles. The third kappa shape index (κ3) is 3.21. The van der Waals surface area contributed by atoms with Gasteiger partial charge in [0.15, 0.2) is 0 Å². The van der Waals surface area contributed by atoms with Crippen LogP contribution in [0, 0.1) is 0 Å². The Morgan fingerprint density at radius 3 is 2.36 bits per heavy atom. The van der Waals surface area contributed by atoms with Crippen LogP contribution in [0.4, 0.5) is 4.79 Å². The Hall–Kier alpha value is -1.30. The van der Waals surface area contributed by atoms with E-state index in [9.17, 15) is 9.59 Å². The molecule has 0 aromatic rings. The second kappa shape index (κ2) is 4.28. The van der Waals surface area contributed by atoms with Gasteiger partial charge >= 0.3 is 12.0 Å². The summed E-state index contributed by atoms with van der Waals surface area (Å²) in [6.07, 6.45) is 1.79. The molecule has 1 fully saturated rings. The summed E-state index contributed by atoms with van der Waals surface area (Å²) in [5.41, 5.74) is 2.53. The van der Waals surface area contributed by atoms with Crippen molar-refractivity contribution in [2.75, 3.05) is 20.6 Å². The fourth-order valence-electron chi connectivity index (χ4n) is 1.15. The van der Waals surface area contributed by atoms with Gasteiger partial charge in [-0.1, -0.05) is 0 Å². The quantitative estimate of drug-likeness (QED) is 0.614. The summed E-state index contributed by atoms with van der Waals surface area (Å²) < 4.78 is 0. The van der Waals surface area contributed by atoms with E-state index in [1.165, 1.54) is 9.91 Å². The predicted octanol–water partition coefficient (Wildman–Crippen LogP) is -0.278. The average molecular weight is 201 g/mol. The second-order valence-electron chi connectivity index (χ2n) is 3.56. The molecule has 6 nitrogen and oxygen atoms in total. The summed E-state index contributed by atoms with van der Waals surface area (Å²) in [5, 5.41) is 10.1. The topological polar surface area (TPSA) is 72.9 Å². The van der Waals surface area contributed by atoms with Crippen molar-refractivity contribution < 1.29 is 14.7 Å². The standard InChI is InChI=1S/C8H15N3O3/c1-10(2)9-8(14)11(5-7(12)13)6-3-4-6/h6H,3-5H2,1-2H3,(H,9,14)(H,12,13). The van der Waals surface area contributed by atoms with E-state index >= 15 is 0 Å². The molecule has 80 valence electrons. The maximum Gasteiger partial charge on any atom is 0.332 e. The number of carboxylic acids is 1. The molecule has 0 spiro atoms. The zero-order chi connectivity index (χ0) is 10.7. The van der Waals surface area contributed by atoms with Gasteiger partial charge in [-0.3, -0.25) is 10.2 Å². The Morgan fingerprint density at radius 2 is 2.00 bits per heavy atom. The molecule has 1 saturated carbocycles. The number of nitrogens with one attached hydrogen (secondary N) is 1. The van der Waals surface area contributed by atoms with Gasteiger partial charge in [0.25, 0.3) is 0 Å². The monoisotopic (exact) mass is 201 g/mol. The SMILES string of the molecule is CN(C)NC(=O)N(CC(=O)O)C1CC1. The molecule has 0 aromatic heterocycles. The zero-order valence-corrected chi connectivity index (χ0v) is 8.36. The first kappa shape index (κ1) is 10.8. The van der Waals surface area contributed by atoms with Crippen molar-refractivity contribution in [3.8, 4) is 0 Å². The van der Waals surface area contributed by atoms with Crippen LogP contribution in [0.5, 0.6) is 0 Å². The van der Waals surface area contributed by atoms with Crippen molar-refractivity contribution in [2.24, 2.45) is 0 Å². The predicted molar refractivity (Wildman–Crippen MR) is 49.6 cm³/mol. The first-order valence-corrected chi connectivity index (χ1v) is 4.47. The first-order valence-electron chi connectivity index (χ1n) is 4.47. The van der Waals surface area contributed by atoms with Crippen molar-refractivity contribution in [1.29, 1.82) is 0 Å². The maximum absolute atomic E-state index is 11.5. The zero-order valence-electron chi connectivity index (χ0n) is 8.36. The van der Waals surface area contributed by atoms with E-state index < -0.39 is 5.97 Å². The molecule has 2 N–H and O–H groups in total. The minimum Gasteiger partial charge on any atom is -0.480 e. The van der Waals surface area contributed by atoms with E-state index in [1.54, 1.807) is 14.1 Å². The number of carboxylic acid groups (broad SMARTS) is 1. The third-order valence-corrected chi connectivity index (χ3v) is 1.87. The van der Waals surface area contributed by atoms with Crippen LogP contribution >= 0.6 is 0 Å². The molecule has 1 aliphatic rings. The Labute approximate surface area is 82.4 Å². The van der Waals surface area contributed by atoms with Gasteiger partial charge in [-0.05, 0) is 12.8 Å².